The van der Waals surface area contributed by atoms with E-state index >= 15 is 0 Å². The molecular weight excluding hydrogens is 340 g/mol. The van der Waals surface area contributed by atoms with Crippen molar-refractivity contribution in [1.29, 1.82) is 0 Å². The number of rotatable bonds is 4. The molecule has 0 bridgehead atoms. The number of carbonyl (C=O) groups is 1. The zero-order chi connectivity index (χ0) is 17.6. The minimum atomic E-state index is -0.0522. The standard InChI is InChI=1S/C18H21ClN4O2/c1-22(15-6-4-14(19)5-7-15)18(24)23-10-9-21-11-16(23)13-25-17-3-2-8-20-12-17/h2-8,12,16,21H,9-11,13H2,1H3. The van der Waals surface area contributed by atoms with Crippen LogP contribution < -0.4 is 15.0 Å². The largest absolute Gasteiger partial charge is 0.490 e. The van der Waals surface area contributed by atoms with Crippen molar-refractivity contribution in [2.24, 2.45) is 0 Å². The Morgan fingerprint density at radius 2 is 2.20 bits per heavy atom. The number of halogens is 1. The van der Waals surface area contributed by atoms with E-state index in [1.807, 2.05) is 29.2 Å². The molecule has 0 radical (unpaired) electrons. The number of anilines is 1. The predicted molar refractivity (Wildman–Crippen MR) is 98.3 cm³/mol. The van der Waals surface area contributed by atoms with Gasteiger partial charge in [0.05, 0.1) is 12.2 Å². The van der Waals surface area contributed by atoms with E-state index in [9.17, 15) is 4.79 Å². The third-order valence-corrected chi connectivity index (χ3v) is 4.43. The number of piperazine rings is 1. The van der Waals surface area contributed by atoms with Crippen molar-refractivity contribution in [3.05, 3.63) is 53.8 Å². The van der Waals surface area contributed by atoms with Gasteiger partial charge in [0, 0.05) is 43.6 Å². The first kappa shape index (κ1) is 17.5. The van der Waals surface area contributed by atoms with Crippen molar-refractivity contribution in [3.63, 3.8) is 0 Å². The van der Waals surface area contributed by atoms with E-state index < -0.39 is 0 Å². The molecule has 1 fully saturated rings. The topological polar surface area (TPSA) is 57.7 Å². The quantitative estimate of drug-likeness (QED) is 0.910. The number of hydrogen-bond acceptors (Lipinski definition) is 4. The Kier molecular flexibility index (Phi) is 5.73. The van der Waals surface area contributed by atoms with Crippen LogP contribution in [0.4, 0.5) is 10.5 Å². The molecule has 25 heavy (non-hydrogen) atoms. The maximum absolute atomic E-state index is 12.9. The summed E-state index contributed by atoms with van der Waals surface area (Å²) in [6, 6.07) is 10.8. The Labute approximate surface area is 152 Å². The lowest BCUT2D eigenvalue weighted by Crippen LogP contribution is -2.58. The van der Waals surface area contributed by atoms with Crippen molar-refractivity contribution in [1.82, 2.24) is 15.2 Å². The number of nitrogens with zero attached hydrogens (tertiary/aromatic N) is 3. The first-order valence-electron chi connectivity index (χ1n) is 8.18. The van der Waals surface area contributed by atoms with Gasteiger partial charge in [-0.15, -0.1) is 0 Å². The average molecular weight is 361 g/mol. The van der Waals surface area contributed by atoms with Crippen LogP contribution in [0.3, 0.4) is 0 Å². The van der Waals surface area contributed by atoms with Crippen molar-refractivity contribution in [2.45, 2.75) is 6.04 Å². The van der Waals surface area contributed by atoms with Gasteiger partial charge in [-0.1, -0.05) is 11.6 Å². The van der Waals surface area contributed by atoms with Gasteiger partial charge in [-0.25, -0.2) is 4.79 Å². The summed E-state index contributed by atoms with van der Waals surface area (Å²) in [7, 11) is 1.77. The molecule has 1 aromatic carbocycles. The minimum absolute atomic E-state index is 0.0452. The number of hydrogen-bond donors (Lipinski definition) is 1. The molecule has 1 aliphatic rings. The van der Waals surface area contributed by atoms with E-state index in [0.717, 1.165) is 12.2 Å². The summed E-state index contributed by atoms with van der Waals surface area (Å²) in [6.07, 6.45) is 3.37. The van der Waals surface area contributed by atoms with Crippen molar-refractivity contribution >= 4 is 23.3 Å². The molecule has 1 aliphatic heterocycles. The predicted octanol–water partition coefficient (Wildman–Crippen LogP) is 2.64. The highest BCUT2D eigenvalue weighted by Crippen LogP contribution is 2.19. The number of aromatic nitrogens is 1. The van der Waals surface area contributed by atoms with Crippen molar-refractivity contribution in [2.75, 3.05) is 38.2 Å². The fraction of sp³-hybridized carbons (Fsp3) is 0.333. The molecule has 1 unspecified atom stereocenters. The number of pyridine rings is 1. The van der Waals surface area contributed by atoms with E-state index in [1.165, 1.54) is 0 Å². The first-order chi connectivity index (χ1) is 12.1. The highest BCUT2D eigenvalue weighted by molar-refractivity contribution is 6.30. The molecular formula is C18H21ClN4O2. The fourth-order valence-corrected chi connectivity index (χ4v) is 2.88. The van der Waals surface area contributed by atoms with Crippen molar-refractivity contribution in [3.8, 4) is 5.75 Å². The summed E-state index contributed by atoms with van der Waals surface area (Å²) in [4.78, 5) is 20.5. The third-order valence-electron chi connectivity index (χ3n) is 4.17. The van der Waals surface area contributed by atoms with Gasteiger partial charge >= 0.3 is 6.03 Å². The molecule has 1 atom stereocenters. The Hall–Kier alpha value is -2.31. The number of nitrogens with one attached hydrogen (secondary N) is 1. The fourth-order valence-electron chi connectivity index (χ4n) is 2.75. The molecule has 1 N–H and O–H groups in total. The minimum Gasteiger partial charge on any atom is -0.490 e. The van der Waals surface area contributed by atoms with Gasteiger partial charge in [0.15, 0.2) is 0 Å². The molecule has 1 saturated heterocycles. The van der Waals surface area contributed by atoms with E-state index in [2.05, 4.69) is 10.3 Å². The van der Waals surface area contributed by atoms with Crippen LogP contribution >= 0.6 is 11.6 Å². The number of urea groups is 1. The summed E-state index contributed by atoms with van der Waals surface area (Å²) in [5, 5.41) is 3.96. The van der Waals surface area contributed by atoms with Crippen LogP contribution in [0.1, 0.15) is 0 Å². The van der Waals surface area contributed by atoms with Gasteiger partial charge in [-0.2, -0.15) is 0 Å². The van der Waals surface area contributed by atoms with E-state index in [-0.39, 0.29) is 12.1 Å². The monoisotopic (exact) mass is 360 g/mol. The van der Waals surface area contributed by atoms with Gasteiger partial charge in [0.25, 0.3) is 0 Å². The summed E-state index contributed by atoms with van der Waals surface area (Å²) in [5.74, 6) is 0.700. The highest BCUT2D eigenvalue weighted by Gasteiger charge is 2.29. The van der Waals surface area contributed by atoms with Gasteiger partial charge in [-0.3, -0.25) is 9.88 Å². The van der Waals surface area contributed by atoms with Crippen LogP contribution in [-0.2, 0) is 0 Å². The Morgan fingerprint density at radius 3 is 2.92 bits per heavy atom. The van der Waals surface area contributed by atoms with Gasteiger partial charge < -0.3 is 15.0 Å². The second-order valence-electron chi connectivity index (χ2n) is 5.87. The molecule has 0 aliphatic carbocycles. The summed E-state index contributed by atoms with van der Waals surface area (Å²) in [5.41, 5.74) is 0.805. The lowest BCUT2D eigenvalue weighted by Gasteiger charge is -2.38. The Balaban J connectivity index is 1.67. The van der Waals surface area contributed by atoms with Crippen LogP contribution in [0.25, 0.3) is 0 Å². The smallest absolute Gasteiger partial charge is 0.324 e. The summed E-state index contributed by atoms with van der Waals surface area (Å²) < 4.78 is 5.79. The lowest BCUT2D eigenvalue weighted by molar-refractivity contribution is 0.129. The second kappa shape index (κ2) is 8.18. The van der Waals surface area contributed by atoms with Gasteiger partial charge in [-0.05, 0) is 36.4 Å². The van der Waals surface area contributed by atoms with Crippen LogP contribution in [0.2, 0.25) is 5.02 Å². The van der Waals surface area contributed by atoms with E-state index in [0.29, 0.717) is 30.5 Å². The maximum Gasteiger partial charge on any atom is 0.324 e. The number of benzene rings is 1. The second-order valence-corrected chi connectivity index (χ2v) is 6.31. The highest BCUT2D eigenvalue weighted by atomic mass is 35.5. The van der Waals surface area contributed by atoms with Crippen molar-refractivity contribution < 1.29 is 9.53 Å². The number of amides is 2. The summed E-state index contributed by atoms with van der Waals surface area (Å²) in [6.45, 7) is 2.51. The molecule has 3 rings (SSSR count). The number of ether oxygens (including phenoxy) is 1. The van der Waals surface area contributed by atoms with Crippen LogP contribution in [-0.4, -0.2) is 55.2 Å². The molecule has 2 amide bonds. The van der Waals surface area contributed by atoms with Crippen LogP contribution in [0.15, 0.2) is 48.8 Å². The Bertz CT molecular complexity index is 696. The van der Waals surface area contributed by atoms with E-state index in [4.69, 9.17) is 16.3 Å². The zero-order valence-corrected chi connectivity index (χ0v) is 14.8. The number of carbonyl (C=O) groups excluding carboxylic acids is 1. The molecule has 0 saturated carbocycles. The average Bonchev–Trinajstić information content (AvgIpc) is 2.67. The first-order valence-corrected chi connectivity index (χ1v) is 8.56. The third kappa shape index (κ3) is 4.41. The van der Waals surface area contributed by atoms with E-state index in [1.54, 1.807) is 36.5 Å². The maximum atomic E-state index is 12.9. The molecule has 6 nitrogen and oxygen atoms in total. The summed E-state index contributed by atoms with van der Waals surface area (Å²) >= 11 is 5.92. The molecule has 132 valence electrons. The van der Waals surface area contributed by atoms with Gasteiger partial charge in [0.1, 0.15) is 12.4 Å². The van der Waals surface area contributed by atoms with Crippen LogP contribution in [0.5, 0.6) is 5.75 Å². The SMILES string of the molecule is CN(C(=O)N1CCNCC1COc1cccnc1)c1ccc(Cl)cc1. The van der Waals surface area contributed by atoms with Gasteiger partial charge in [0.2, 0.25) is 0 Å². The normalized spacial score (nSPS) is 17.2. The van der Waals surface area contributed by atoms with Crippen LogP contribution in [0, 0.1) is 0 Å². The molecule has 2 aromatic rings. The molecule has 2 heterocycles. The lowest BCUT2D eigenvalue weighted by atomic mass is 10.2. The molecule has 0 spiro atoms. The Morgan fingerprint density at radius 1 is 1.40 bits per heavy atom. The zero-order valence-electron chi connectivity index (χ0n) is 14.1. The molecule has 1 aromatic heterocycles. The molecule has 7 heteroatoms.